The first-order valence-corrected chi connectivity index (χ1v) is 7.02. The van der Waals surface area contributed by atoms with Crippen LogP contribution in [0.4, 0.5) is 19.1 Å². The lowest BCUT2D eigenvalue weighted by molar-refractivity contribution is -0.141. The van der Waals surface area contributed by atoms with Crippen molar-refractivity contribution in [3.8, 4) is 0 Å². The summed E-state index contributed by atoms with van der Waals surface area (Å²) in [6.45, 7) is 0.922. The van der Waals surface area contributed by atoms with Gasteiger partial charge in [-0.25, -0.2) is 9.97 Å². The zero-order chi connectivity index (χ0) is 15.3. The minimum absolute atomic E-state index is 0.0455. The summed E-state index contributed by atoms with van der Waals surface area (Å²) in [6.07, 6.45) is 0.0985. The quantitative estimate of drug-likeness (QED) is 0.724. The molecule has 2 rings (SSSR count). The van der Waals surface area contributed by atoms with Crippen LogP contribution in [0.2, 0.25) is 0 Å². The fourth-order valence-corrected chi connectivity index (χ4v) is 2.38. The van der Waals surface area contributed by atoms with Crippen molar-refractivity contribution < 1.29 is 18.3 Å². The Hall–Kier alpha value is -1.41. The minimum Gasteiger partial charge on any atom is -0.392 e. The van der Waals surface area contributed by atoms with Crippen molar-refractivity contribution in [1.29, 1.82) is 0 Å². The second-order valence-corrected chi connectivity index (χ2v) is 5.10. The van der Waals surface area contributed by atoms with Gasteiger partial charge >= 0.3 is 6.18 Å². The number of halogens is 3. The van der Waals surface area contributed by atoms with E-state index in [1.54, 1.807) is 0 Å². The van der Waals surface area contributed by atoms with Crippen LogP contribution in [0.25, 0.3) is 0 Å². The van der Waals surface area contributed by atoms with Crippen LogP contribution in [0.3, 0.4) is 0 Å². The summed E-state index contributed by atoms with van der Waals surface area (Å²) < 4.78 is 37.5. The van der Waals surface area contributed by atoms with E-state index in [0.29, 0.717) is 13.1 Å². The predicted molar refractivity (Wildman–Crippen MR) is 71.8 cm³/mol. The van der Waals surface area contributed by atoms with Gasteiger partial charge in [0.1, 0.15) is 5.69 Å². The van der Waals surface area contributed by atoms with Crippen molar-refractivity contribution in [2.24, 2.45) is 0 Å². The lowest BCUT2D eigenvalue weighted by Gasteiger charge is -2.28. The Morgan fingerprint density at radius 1 is 1.24 bits per heavy atom. The normalized spacial score (nSPS) is 23.0. The van der Waals surface area contributed by atoms with E-state index in [0.717, 1.165) is 37.9 Å². The number of hydrogen-bond donors (Lipinski definition) is 3. The molecule has 21 heavy (non-hydrogen) atoms. The van der Waals surface area contributed by atoms with Gasteiger partial charge in [-0.1, -0.05) is 12.8 Å². The summed E-state index contributed by atoms with van der Waals surface area (Å²) in [5.41, 5.74) is -0.962. The largest absolute Gasteiger partial charge is 0.433 e. The Kier molecular flexibility index (Phi) is 5.35. The molecule has 1 saturated carbocycles. The van der Waals surface area contributed by atoms with Crippen LogP contribution in [-0.4, -0.2) is 40.3 Å². The van der Waals surface area contributed by atoms with Crippen molar-refractivity contribution in [3.05, 3.63) is 18.0 Å². The molecule has 1 aromatic rings. The van der Waals surface area contributed by atoms with Crippen molar-refractivity contribution >= 4 is 5.95 Å². The van der Waals surface area contributed by atoms with Crippen molar-refractivity contribution in [2.75, 3.05) is 18.4 Å². The molecule has 1 fully saturated rings. The summed E-state index contributed by atoms with van der Waals surface area (Å²) >= 11 is 0. The topological polar surface area (TPSA) is 70.1 Å². The van der Waals surface area contributed by atoms with Crippen LogP contribution in [0.15, 0.2) is 12.3 Å². The van der Waals surface area contributed by atoms with E-state index >= 15 is 0 Å². The first-order valence-electron chi connectivity index (χ1n) is 7.02. The lowest BCUT2D eigenvalue weighted by Crippen LogP contribution is -2.43. The highest BCUT2D eigenvalue weighted by Gasteiger charge is 2.32. The molecule has 0 unspecified atom stereocenters. The summed E-state index contributed by atoms with van der Waals surface area (Å²) in [6, 6.07) is 0.893. The summed E-state index contributed by atoms with van der Waals surface area (Å²) in [4.78, 5) is 7.17. The van der Waals surface area contributed by atoms with Crippen LogP contribution in [0, 0.1) is 0 Å². The molecule has 2 atom stereocenters. The molecule has 0 bridgehead atoms. The van der Waals surface area contributed by atoms with Crippen molar-refractivity contribution in [3.63, 3.8) is 0 Å². The monoisotopic (exact) mass is 304 g/mol. The molecule has 0 aromatic carbocycles. The Bertz CT molecular complexity index is 455. The molecule has 1 aromatic heterocycles. The Morgan fingerprint density at radius 2 is 2.00 bits per heavy atom. The molecule has 0 amide bonds. The third-order valence-corrected chi connectivity index (χ3v) is 3.49. The number of hydrogen-bond acceptors (Lipinski definition) is 5. The van der Waals surface area contributed by atoms with Gasteiger partial charge in [-0.15, -0.1) is 0 Å². The van der Waals surface area contributed by atoms with E-state index in [9.17, 15) is 18.3 Å². The maximum atomic E-state index is 12.5. The third kappa shape index (κ3) is 4.82. The van der Waals surface area contributed by atoms with E-state index < -0.39 is 11.9 Å². The van der Waals surface area contributed by atoms with E-state index in [1.165, 1.54) is 0 Å². The van der Waals surface area contributed by atoms with Crippen LogP contribution < -0.4 is 10.6 Å². The summed E-state index contributed by atoms with van der Waals surface area (Å²) in [5, 5.41) is 15.7. The van der Waals surface area contributed by atoms with Crippen molar-refractivity contribution in [1.82, 2.24) is 15.3 Å². The second kappa shape index (κ2) is 7.04. The first-order chi connectivity index (χ1) is 9.97. The van der Waals surface area contributed by atoms with Gasteiger partial charge in [0.15, 0.2) is 0 Å². The van der Waals surface area contributed by atoms with Crippen LogP contribution in [0.1, 0.15) is 31.4 Å². The molecule has 5 nitrogen and oxygen atoms in total. The van der Waals surface area contributed by atoms with Crippen LogP contribution in [-0.2, 0) is 6.18 Å². The average molecular weight is 304 g/mol. The molecule has 1 aliphatic carbocycles. The van der Waals surface area contributed by atoms with E-state index in [1.807, 2.05) is 0 Å². The molecule has 8 heteroatoms. The van der Waals surface area contributed by atoms with Gasteiger partial charge in [0.2, 0.25) is 5.95 Å². The maximum absolute atomic E-state index is 12.5. The number of aliphatic hydroxyl groups excluding tert-OH is 1. The molecule has 0 aliphatic heterocycles. The third-order valence-electron chi connectivity index (χ3n) is 3.49. The van der Waals surface area contributed by atoms with E-state index in [2.05, 4.69) is 20.6 Å². The zero-order valence-corrected chi connectivity index (χ0v) is 11.5. The molecule has 3 N–H and O–H groups in total. The number of nitrogens with one attached hydrogen (secondary N) is 2. The SMILES string of the molecule is O[C@H]1CCCC[C@H]1NCCNc1nccc(C(F)(F)F)n1. The second-order valence-electron chi connectivity index (χ2n) is 5.10. The molecule has 1 heterocycles. The molecule has 1 aliphatic rings. The average Bonchev–Trinajstić information content (AvgIpc) is 2.45. The number of aromatic nitrogens is 2. The highest BCUT2D eigenvalue weighted by Crippen LogP contribution is 2.27. The highest BCUT2D eigenvalue weighted by atomic mass is 19.4. The Morgan fingerprint density at radius 3 is 2.71 bits per heavy atom. The minimum atomic E-state index is -4.47. The fourth-order valence-electron chi connectivity index (χ4n) is 2.38. The van der Waals surface area contributed by atoms with E-state index in [4.69, 9.17) is 0 Å². The number of aliphatic hydroxyl groups is 1. The van der Waals surface area contributed by atoms with Crippen LogP contribution >= 0.6 is 0 Å². The smallest absolute Gasteiger partial charge is 0.392 e. The lowest BCUT2D eigenvalue weighted by atomic mass is 9.93. The van der Waals surface area contributed by atoms with Crippen LogP contribution in [0.5, 0.6) is 0 Å². The maximum Gasteiger partial charge on any atom is 0.433 e. The van der Waals surface area contributed by atoms with Gasteiger partial charge in [-0.2, -0.15) is 13.2 Å². The molecule has 0 radical (unpaired) electrons. The highest BCUT2D eigenvalue weighted by molar-refractivity contribution is 5.25. The first kappa shape index (κ1) is 16.0. The zero-order valence-electron chi connectivity index (χ0n) is 11.5. The van der Waals surface area contributed by atoms with Gasteiger partial charge in [-0.05, 0) is 18.9 Å². The molecular weight excluding hydrogens is 285 g/mol. The van der Waals surface area contributed by atoms with Gasteiger partial charge < -0.3 is 15.7 Å². The molecule has 0 saturated heterocycles. The molecule has 118 valence electrons. The standard InChI is InChI=1S/C13H19F3N4O/c14-13(15,16)11-5-6-18-12(20-11)19-8-7-17-9-3-1-2-4-10(9)21/h5-6,9-10,17,21H,1-4,7-8H2,(H,18,19,20)/t9-,10+/m1/s1. The van der Waals surface area contributed by atoms with Gasteiger partial charge in [0.25, 0.3) is 0 Å². The van der Waals surface area contributed by atoms with Gasteiger partial charge in [0.05, 0.1) is 6.10 Å². The molecule has 0 spiro atoms. The Balaban J connectivity index is 1.76. The van der Waals surface area contributed by atoms with E-state index in [-0.39, 0.29) is 18.1 Å². The Labute approximate surface area is 121 Å². The predicted octanol–water partition coefficient (Wildman–Crippen LogP) is 1.80. The number of anilines is 1. The summed E-state index contributed by atoms with van der Waals surface area (Å²) in [7, 11) is 0. The van der Waals surface area contributed by atoms with Gasteiger partial charge in [0, 0.05) is 25.3 Å². The van der Waals surface area contributed by atoms with Crippen molar-refractivity contribution in [2.45, 2.75) is 44.0 Å². The summed E-state index contributed by atoms with van der Waals surface area (Å²) in [5.74, 6) is -0.0455. The number of nitrogens with zero attached hydrogens (tertiary/aromatic N) is 2. The fraction of sp³-hybridized carbons (Fsp3) is 0.692. The van der Waals surface area contributed by atoms with Gasteiger partial charge in [-0.3, -0.25) is 0 Å². The number of alkyl halides is 3. The number of rotatable bonds is 5. The molecular formula is C13H19F3N4O.